The highest BCUT2D eigenvalue weighted by Gasteiger charge is 2.36. The molecule has 1 N–H and O–H groups in total. The van der Waals surface area contributed by atoms with Crippen molar-refractivity contribution in [3.63, 3.8) is 0 Å². The highest BCUT2D eigenvalue weighted by molar-refractivity contribution is 6.33. The molecule has 2 aromatic rings. The van der Waals surface area contributed by atoms with Crippen molar-refractivity contribution in [3.05, 3.63) is 35.2 Å². The Hall–Kier alpha value is -1.10. The molecule has 1 aliphatic heterocycles. The predicted octanol–water partition coefficient (Wildman–Crippen LogP) is 3.06. The molecule has 1 aliphatic rings. The number of rotatable bonds is 2. The molecule has 0 spiro atoms. The van der Waals surface area contributed by atoms with Crippen LogP contribution in [-0.4, -0.2) is 23.2 Å². The number of halogens is 2. The van der Waals surface area contributed by atoms with E-state index < -0.39 is 0 Å². The fraction of sp³-hybridized carbons (Fsp3) is 0.385. The van der Waals surface area contributed by atoms with Crippen LogP contribution < -0.4 is 5.32 Å². The van der Waals surface area contributed by atoms with Crippen molar-refractivity contribution in [2.75, 3.05) is 13.1 Å². The zero-order chi connectivity index (χ0) is 12.6. The molecular formula is C13H15Cl2N3O. The maximum atomic E-state index is 6.13. The Morgan fingerprint density at radius 3 is 2.84 bits per heavy atom. The lowest BCUT2D eigenvalue weighted by Crippen LogP contribution is -2.25. The molecule has 1 unspecified atom stereocenters. The summed E-state index contributed by atoms with van der Waals surface area (Å²) in [6, 6.07) is 7.52. The van der Waals surface area contributed by atoms with Gasteiger partial charge in [-0.25, -0.2) is 0 Å². The number of benzene rings is 1. The maximum absolute atomic E-state index is 6.13. The van der Waals surface area contributed by atoms with Crippen LogP contribution >= 0.6 is 24.0 Å². The SMILES string of the molecule is CC1(c2nc(-c3ccccc3Cl)no2)CCNC1.Cl. The quantitative estimate of drug-likeness (QED) is 0.926. The molecule has 1 fully saturated rings. The lowest BCUT2D eigenvalue weighted by Gasteiger charge is -2.15. The van der Waals surface area contributed by atoms with Crippen LogP contribution in [0.2, 0.25) is 5.02 Å². The van der Waals surface area contributed by atoms with Gasteiger partial charge in [-0.15, -0.1) is 12.4 Å². The van der Waals surface area contributed by atoms with E-state index in [4.69, 9.17) is 16.1 Å². The first-order valence-corrected chi connectivity index (χ1v) is 6.37. The first-order chi connectivity index (χ1) is 8.69. The van der Waals surface area contributed by atoms with E-state index in [2.05, 4.69) is 22.4 Å². The topological polar surface area (TPSA) is 51.0 Å². The van der Waals surface area contributed by atoms with Gasteiger partial charge in [0.15, 0.2) is 0 Å². The van der Waals surface area contributed by atoms with Crippen molar-refractivity contribution in [3.8, 4) is 11.4 Å². The molecule has 2 heterocycles. The molecule has 1 aromatic heterocycles. The van der Waals surface area contributed by atoms with Gasteiger partial charge in [-0.2, -0.15) is 4.98 Å². The van der Waals surface area contributed by atoms with E-state index in [1.165, 1.54) is 0 Å². The van der Waals surface area contributed by atoms with Crippen LogP contribution in [0.15, 0.2) is 28.8 Å². The number of aromatic nitrogens is 2. The highest BCUT2D eigenvalue weighted by atomic mass is 35.5. The molecular weight excluding hydrogens is 285 g/mol. The summed E-state index contributed by atoms with van der Waals surface area (Å²) in [7, 11) is 0. The van der Waals surface area contributed by atoms with Crippen molar-refractivity contribution < 1.29 is 4.52 Å². The van der Waals surface area contributed by atoms with Gasteiger partial charge in [0, 0.05) is 12.1 Å². The molecule has 4 nitrogen and oxygen atoms in total. The second-order valence-corrected chi connectivity index (χ2v) is 5.30. The zero-order valence-corrected chi connectivity index (χ0v) is 12.1. The van der Waals surface area contributed by atoms with Gasteiger partial charge >= 0.3 is 0 Å². The van der Waals surface area contributed by atoms with E-state index in [9.17, 15) is 0 Å². The molecule has 1 saturated heterocycles. The molecule has 0 aliphatic carbocycles. The van der Waals surface area contributed by atoms with E-state index >= 15 is 0 Å². The molecule has 19 heavy (non-hydrogen) atoms. The Balaban J connectivity index is 0.00000133. The normalized spacial score (nSPS) is 22.2. The summed E-state index contributed by atoms with van der Waals surface area (Å²) in [5.74, 6) is 1.24. The van der Waals surface area contributed by atoms with Crippen molar-refractivity contribution >= 4 is 24.0 Å². The summed E-state index contributed by atoms with van der Waals surface area (Å²) in [4.78, 5) is 4.49. The Morgan fingerprint density at radius 1 is 1.37 bits per heavy atom. The molecule has 1 atom stereocenters. The number of nitrogens with one attached hydrogen (secondary N) is 1. The van der Waals surface area contributed by atoms with Crippen molar-refractivity contribution in [2.45, 2.75) is 18.8 Å². The zero-order valence-electron chi connectivity index (χ0n) is 10.5. The Bertz CT molecular complexity index is 565. The predicted molar refractivity (Wildman–Crippen MR) is 76.8 cm³/mol. The smallest absolute Gasteiger partial charge is 0.234 e. The van der Waals surface area contributed by atoms with Crippen LogP contribution in [-0.2, 0) is 5.41 Å². The van der Waals surface area contributed by atoms with Gasteiger partial charge in [-0.1, -0.05) is 28.9 Å². The standard InChI is InChI=1S/C13H14ClN3O.ClH/c1-13(6-7-15-8-13)12-16-11(17-18-12)9-4-2-3-5-10(9)14;/h2-5,15H,6-8H2,1H3;1H. The fourth-order valence-electron chi connectivity index (χ4n) is 2.22. The Kier molecular flexibility index (Phi) is 4.13. The summed E-state index contributed by atoms with van der Waals surface area (Å²) in [6.07, 6.45) is 1.01. The van der Waals surface area contributed by atoms with Gasteiger partial charge in [0.25, 0.3) is 0 Å². The van der Waals surface area contributed by atoms with Crippen molar-refractivity contribution in [1.29, 1.82) is 0 Å². The van der Waals surface area contributed by atoms with Crippen LogP contribution in [0.3, 0.4) is 0 Å². The largest absolute Gasteiger partial charge is 0.338 e. The maximum Gasteiger partial charge on any atom is 0.234 e. The van der Waals surface area contributed by atoms with E-state index in [1.807, 2.05) is 24.3 Å². The van der Waals surface area contributed by atoms with E-state index in [0.29, 0.717) is 16.7 Å². The van der Waals surface area contributed by atoms with Crippen molar-refractivity contribution in [1.82, 2.24) is 15.5 Å². The average molecular weight is 300 g/mol. The van der Waals surface area contributed by atoms with Gasteiger partial charge in [0.2, 0.25) is 11.7 Å². The van der Waals surface area contributed by atoms with Gasteiger partial charge in [-0.05, 0) is 32.0 Å². The van der Waals surface area contributed by atoms with E-state index in [-0.39, 0.29) is 17.8 Å². The molecule has 0 saturated carbocycles. The minimum absolute atomic E-state index is 0. The van der Waals surface area contributed by atoms with Gasteiger partial charge in [-0.3, -0.25) is 0 Å². The molecule has 6 heteroatoms. The molecule has 0 bridgehead atoms. The first kappa shape index (κ1) is 14.3. The van der Waals surface area contributed by atoms with Gasteiger partial charge < -0.3 is 9.84 Å². The molecule has 1 aromatic carbocycles. The summed E-state index contributed by atoms with van der Waals surface area (Å²) < 4.78 is 5.40. The van der Waals surface area contributed by atoms with Crippen molar-refractivity contribution in [2.24, 2.45) is 0 Å². The second kappa shape index (κ2) is 5.49. The fourth-order valence-corrected chi connectivity index (χ4v) is 2.44. The molecule has 3 rings (SSSR count). The minimum Gasteiger partial charge on any atom is -0.338 e. The number of hydrogen-bond donors (Lipinski definition) is 1. The Morgan fingerprint density at radius 2 is 2.16 bits per heavy atom. The van der Waals surface area contributed by atoms with Crippen LogP contribution in [0.25, 0.3) is 11.4 Å². The molecule has 0 amide bonds. The van der Waals surface area contributed by atoms with Crippen LogP contribution in [0.4, 0.5) is 0 Å². The van der Waals surface area contributed by atoms with Gasteiger partial charge in [0.05, 0.1) is 10.4 Å². The van der Waals surface area contributed by atoms with Crippen LogP contribution in [0.5, 0.6) is 0 Å². The summed E-state index contributed by atoms with van der Waals surface area (Å²) in [5, 5.41) is 8.00. The second-order valence-electron chi connectivity index (χ2n) is 4.89. The third-order valence-electron chi connectivity index (χ3n) is 3.43. The number of nitrogens with zero attached hydrogens (tertiary/aromatic N) is 2. The number of hydrogen-bond acceptors (Lipinski definition) is 4. The summed E-state index contributed by atoms with van der Waals surface area (Å²) >= 11 is 6.13. The monoisotopic (exact) mass is 299 g/mol. The minimum atomic E-state index is -0.0630. The van der Waals surface area contributed by atoms with E-state index in [1.54, 1.807) is 0 Å². The lowest BCUT2D eigenvalue weighted by atomic mass is 9.90. The third-order valence-corrected chi connectivity index (χ3v) is 3.76. The summed E-state index contributed by atoms with van der Waals surface area (Å²) in [5.41, 5.74) is 0.746. The van der Waals surface area contributed by atoms with Crippen LogP contribution in [0.1, 0.15) is 19.2 Å². The van der Waals surface area contributed by atoms with Crippen LogP contribution in [0, 0.1) is 0 Å². The molecule has 102 valence electrons. The molecule has 0 radical (unpaired) electrons. The lowest BCUT2D eigenvalue weighted by molar-refractivity contribution is 0.306. The average Bonchev–Trinajstić information content (AvgIpc) is 2.99. The summed E-state index contributed by atoms with van der Waals surface area (Å²) in [6.45, 7) is 3.99. The highest BCUT2D eigenvalue weighted by Crippen LogP contribution is 2.31. The first-order valence-electron chi connectivity index (χ1n) is 5.99. The van der Waals surface area contributed by atoms with E-state index in [0.717, 1.165) is 25.1 Å². The third kappa shape index (κ3) is 2.61. The Labute approximate surface area is 122 Å². The van der Waals surface area contributed by atoms with Gasteiger partial charge in [0.1, 0.15) is 0 Å².